The molecule has 6 nitrogen and oxygen atoms in total. The quantitative estimate of drug-likeness (QED) is 0.878. The predicted octanol–water partition coefficient (Wildman–Crippen LogP) is 0.997. The van der Waals surface area contributed by atoms with Crippen LogP contribution in [-0.4, -0.2) is 57.9 Å². The Balaban J connectivity index is 2.01. The Hall–Kier alpha value is -1.47. The van der Waals surface area contributed by atoms with Gasteiger partial charge in [0.2, 0.25) is 5.91 Å². The summed E-state index contributed by atoms with van der Waals surface area (Å²) < 4.78 is 0. The van der Waals surface area contributed by atoms with E-state index in [9.17, 15) is 9.59 Å². The number of aromatic nitrogens is 1. The summed E-state index contributed by atoms with van der Waals surface area (Å²) in [7, 11) is 0. The molecule has 1 aliphatic rings. The van der Waals surface area contributed by atoms with Crippen molar-refractivity contribution in [3.05, 3.63) is 15.6 Å². The van der Waals surface area contributed by atoms with Crippen LogP contribution in [0.25, 0.3) is 0 Å². The number of piperazine rings is 1. The number of hydrogen-bond acceptors (Lipinski definition) is 5. The van der Waals surface area contributed by atoms with Gasteiger partial charge in [0.1, 0.15) is 0 Å². The summed E-state index contributed by atoms with van der Waals surface area (Å²) in [5.74, 6) is -0.724. The van der Waals surface area contributed by atoms with E-state index in [1.54, 1.807) is 18.3 Å². The van der Waals surface area contributed by atoms with E-state index < -0.39 is 5.97 Å². The standard InChI is InChI=1S/C14H21N3O3S/c1-3-13-15-11(8-14(19)20)12(21-13)9-16-4-6-17(7-5-16)10(2)18/h3-9H2,1-2H3,(H,19,20). The summed E-state index contributed by atoms with van der Waals surface area (Å²) in [6, 6.07) is 0. The van der Waals surface area contributed by atoms with Crippen LogP contribution in [0.1, 0.15) is 29.4 Å². The minimum absolute atomic E-state index is 0.0146. The zero-order valence-electron chi connectivity index (χ0n) is 12.5. The van der Waals surface area contributed by atoms with Gasteiger partial charge in [-0.3, -0.25) is 14.5 Å². The van der Waals surface area contributed by atoms with E-state index in [1.807, 2.05) is 11.8 Å². The second kappa shape index (κ2) is 7.00. The van der Waals surface area contributed by atoms with Crippen LogP contribution in [-0.2, 0) is 29.0 Å². The number of carbonyl (C=O) groups is 2. The number of amides is 1. The van der Waals surface area contributed by atoms with Gasteiger partial charge < -0.3 is 10.0 Å². The Morgan fingerprint density at radius 3 is 2.48 bits per heavy atom. The maximum atomic E-state index is 11.3. The summed E-state index contributed by atoms with van der Waals surface area (Å²) in [5, 5.41) is 9.97. The SMILES string of the molecule is CCc1nc(CC(=O)O)c(CN2CCN(C(C)=O)CC2)s1. The summed E-state index contributed by atoms with van der Waals surface area (Å²) in [4.78, 5) is 31.8. The fourth-order valence-corrected chi connectivity index (χ4v) is 3.48. The van der Waals surface area contributed by atoms with Gasteiger partial charge in [-0.1, -0.05) is 6.92 Å². The molecule has 2 rings (SSSR count). The van der Waals surface area contributed by atoms with Crippen LogP contribution in [0.2, 0.25) is 0 Å². The molecule has 1 aromatic heterocycles. The van der Waals surface area contributed by atoms with Gasteiger partial charge in [0.25, 0.3) is 0 Å². The summed E-state index contributed by atoms with van der Waals surface area (Å²) in [6.07, 6.45) is 0.814. The third-order valence-corrected chi connectivity index (χ3v) is 4.86. The summed E-state index contributed by atoms with van der Waals surface area (Å²) >= 11 is 1.61. The summed E-state index contributed by atoms with van der Waals surface area (Å²) in [5.41, 5.74) is 0.693. The fraction of sp³-hybridized carbons (Fsp3) is 0.643. The zero-order valence-corrected chi connectivity index (χ0v) is 13.3. The van der Waals surface area contributed by atoms with E-state index in [1.165, 1.54) is 0 Å². The van der Waals surface area contributed by atoms with E-state index in [0.717, 1.165) is 49.0 Å². The van der Waals surface area contributed by atoms with Crippen LogP contribution in [0.4, 0.5) is 0 Å². The van der Waals surface area contributed by atoms with Crippen molar-refractivity contribution in [3.8, 4) is 0 Å². The molecular formula is C14H21N3O3S. The molecule has 21 heavy (non-hydrogen) atoms. The molecule has 0 saturated carbocycles. The number of carboxylic acid groups (broad SMARTS) is 1. The highest BCUT2D eigenvalue weighted by Crippen LogP contribution is 2.22. The highest BCUT2D eigenvalue weighted by Gasteiger charge is 2.21. The van der Waals surface area contributed by atoms with Gasteiger partial charge >= 0.3 is 5.97 Å². The van der Waals surface area contributed by atoms with Crippen molar-refractivity contribution in [3.63, 3.8) is 0 Å². The fourth-order valence-electron chi connectivity index (χ4n) is 2.42. The summed E-state index contributed by atoms with van der Waals surface area (Å²) in [6.45, 7) is 7.48. The maximum absolute atomic E-state index is 11.3. The minimum Gasteiger partial charge on any atom is -0.481 e. The highest BCUT2D eigenvalue weighted by atomic mass is 32.1. The lowest BCUT2D eigenvalue weighted by Crippen LogP contribution is -2.47. The van der Waals surface area contributed by atoms with Gasteiger partial charge in [0.15, 0.2) is 0 Å². The highest BCUT2D eigenvalue weighted by molar-refractivity contribution is 7.11. The molecule has 0 unspecified atom stereocenters. The van der Waals surface area contributed by atoms with Crippen molar-refractivity contribution >= 4 is 23.2 Å². The Labute approximate surface area is 128 Å². The molecule has 1 amide bonds. The number of carbonyl (C=O) groups excluding carboxylic acids is 1. The van der Waals surface area contributed by atoms with E-state index in [2.05, 4.69) is 9.88 Å². The van der Waals surface area contributed by atoms with Crippen molar-refractivity contribution in [1.82, 2.24) is 14.8 Å². The van der Waals surface area contributed by atoms with Crippen molar-refractivity contribution in [1.29, 1.82) is 0 Å². The first-order valence-corrected chi connectivity index (χ1v) is 7.98. The van der Waals surface area contributed by atoms with Gasteiger partial charge in [-0.2, -0.15) is 0 Å². The van der Waals surface area contributed by atoms with Crippen LogP contribution in [0.15, 0.2) is 0 Å². The van der Waals surface area contributed by atoms with Crippen LogP contribution in [0.3, 0.4) is 0 Å². The van der Waals surface area contributed by atoms with E-state index in [-0.39, 0.29) is 12.3 Å². The minimum atomic E-state index is -0.842. The second-order valence-corrected chi connectivity index (χ2v) is 6.35. The van der Waals surface area contributed by atoms with Gasteiger partial charge in [-0.05, 0) is 6.42 Å². The zero-order chi connectivity index (χ0) is 15.4. The third-order valence-electron chi connectivity index (χ3n) is 3.63. The monoisotopic (exact) mass is 311 g/mol. The van der Waals surface area contributed by atoms with Gasteiger partial charge in [0.05, 0.1) is 17.1 Å². The molecule has 0 spiro atoms. The molecule has 0 aromatic carbocycles. The first-order chi connectivity index (χ1) is 9.99. The lowest BCUT2D eigenvalue weighted by molar-refractivity contribution is -0.136. The number of nitrogens with zero attached hydrogens (tertiary/aromatic N) is 3. The maximum Gasteiger partial charge on any atom is 0.309 e. The molecule has 116 valence electrons. The van der Waals surface area contributed by atoms with Crippen molar-refractivity contribution in [2.24, 2.45) is 0 Å². The van der Waals surface area contributed by atoms with Crippen molar-refractivity contribution in [2.45, 2.75) is 33.2 Å². The van der Waals surface area contributed by atoms with Crippen LogP contribution < -0.4 is 0 Å². The van der Waals surface area contributed by atoms with Crippen LogP contribution >= 0.6 is 11.3 Å². The molecule has 0 bridgehead atoms. The first-order valence-electron chi connectivity index (χ1n) is 7.16. The topological polar surface area (TPSA) is 73.7 Å². The Kier molecular flexibility index (Phi) is 5.30. The van der Waals surface area contributed by atoms with E-state index >= 15 is 0 Å². The predicted molar refractivity (Wildman–Crippen MR) is 80.4 cm³/mol. The average Bonchev–Trinajstić information content (AvgIpc) is 2.81. The number of hydrogen-bond donors (Lipinski definition) is 1. The number of rotatable bonds is 5. The lowest BCUT2D eigenvalue weighted by atomic mass is 10.2. The molecule has 7 heteroatoms. The van der Waals surface area contributed by atoms with Crippen LogP contribution in [0.5, 0.6) is 0 Å². The first kappa shape index (κ1) is 15.9. The van der Waals surface area contributed by atoms with Crippen LogP contribution in [0, 0.1) is 0 Å². The van der Waals surface area contributed by atoms with Crippen molar-refractivity contribution in [2.75, 3.05) is 26.2 Å². The average molecular weight is 311 g/mol. The molecule has 0 radical (unpaired) electrons. The molecule has 0 atom stereocenters. The number of aryl methyl sites for hydroxylation is 1. The number of aliphatic carboxylic acids is 1. The normalized spacial score (nSPS) is 16.2. The van der Waals surface area contributed by atoms with Gasteiger partial charge in [-0.15, -0.1) is 11.3 Å². The van der Waals surface area contributed by atoms with Crippen molar-refractivity contribution < 1.29 is 14.7 Å². The van der Waals surface area contributed by atoms with E-state index in [4.69, 9.17) is 5.11 Å². The molecule has 1 saturated heterocycles. The van der Waals surface area contributed by atoms with E-state index in [0.29, 0.717) is 5.69 Å². The molecule has 1 aromatic rings. The molecule has 1 aliphatic heterocycles. The largest absolute Gasteiger partial charge is 0.481 e. The number of carboxylic acids is 1. The third kappa shape index (κ3) is 4.25. The molecule has 1 fully saturated rings. The Bertz CT molecular complexity index is 522. The number of thiazole rings is 1. The molecule has 0 aliphatic carbocycles. The van der Waals surface area contributed by atoms with Gasteiger partial charge in [-0.25, -0.2) is 4.98 Å². The lowest BCUT2D eigenvalue weighted by Gasteiger charge is -2.33. The van der Waals surface area contributed by atoms with Gasteiger partial charge in [0, 0.05) is 44.5 Å². The Morgan fingerprint density at radius 1 is 1.29 bits per heavy atom. The molecule has 1 N–H and O–H groups in total. The second-order valence-electron chi connectivity index (χ2n) is 5.18. The molecule has 2 heterocycles. The Morgan fingerprint density at radius 2 is 1.95 bits per heavy atom. The molecular weight excluding hydrogens is 290 g/mol. The smallest absolute Gasteiger partial charge is 0.309 e.